The maximum atomic E-state index is 14.3. The summed E-state index contributed by atoms with van der Waals surface area (Å²) in [7, 11) is -5.76. The van der Waals surface area contributed by atoms with Crippen molar-refractivity contribution < 1.29 is 37.5 Å². The zero-order chi connectivity index (χ0) is 32.7. The van der Waals surface area contributed by atoms with Crippen molar-refractivity contribution in [2.45, 2.75) is 57.4 Å². The smallest absolute Gasteiger partial charge is 0.339 e. The highest BCUT2D eigenvalue weighted by atomic mass is 32.1. The van der Waals surface area contributed by atoms with Gasteiger partial charge in [0, 0.05) is 42.5 Å². The third-order valence-electron chi connectivity index (χ3n) is 8.35. The second-order valence-electron chi connectivity index (χ2n) is 12.6. The van der Waals surface area contributed by atoms with Crippen LogP contribution in [0.3, 0.4) is 0 Å². The zero-order valence-corrected chi connectivity index (χ0v) is 26.9. The largest absolute Gasteiger partial charge is 0.399 e. The van der Waals surface area contributed by atoms with Gasteiger partial charge in [0.25, 0.3) is 5.91 Å². The molecule has 0 aliphatic carbocycles. The minimum atomic E-state index is -5.76. The summed E-state index contributed by atoms with van der Waals surface area (Å²) in [5.41, 5.74) is -4.89. The Kier molecular flexibility index (Phi) is 9.23. The summed E-state index contributed by atoms with van der Waals surface area (Å²) in [4.78, 5) is 63.0. The molecule has 4 N–H and O–H groups in total. The molecule has 2 saturated heterocycles. The molecule has 10 nitrogen and oxygen atoms in total. The molecule has 45 heavy (non-hydrogen) atoms. The van der Waals surface area contributed by atoms with E-state index < -0.39 is 42.2 Å². The number of alkyl halides is 2. The van der Waals surface area contributed by atoms with E-state index in [1.165, 1.54) is 12.1 Å². The van der Waals surface area contributed by atoms with Crippen molar-refractivity contribution >= 4 is 46.7 Å². The second-order valence-corrected chi connectivity index (χ2v) is 15.3. The lowest BCUT2D eigenvalue weighted by Crippen LogP contribution is -2.59. The Bertz CT molecular complexity index is 1640. The summed E-state index contributed by atoms with van der Waals surface area (Å²) in [6, 6.07) is 12.7. The number of likely N-dealkylation sites (tertiary alicyclic amines) is 1. The zero-order valence-electron chi connectivity index (χ0n) is 25.2. The van der Waals surface area contributed by atoms with Crippen molar-refractivity contribution in [3.8, 4) is 0 Å². The first-order valence-corrected chi connectivity index (χ1v) is 17.2. The van der Waals surface area contributed by atoms with Crippen molar-refractivity contribution in [3.05, 3.63) is 70.6 Å². The molecular formula is C31H37F2N4O6PS. The Balaban J connectivity index is 1.32. The van der Waals surface area contributed by atoms with Crippen molar-refractivity contribution in [1.82, 2.24) is 20.4 Å². The summed E-state index contributed by atoms with van der Waals surface area (Å²) in [6.07, 6.45) is 1.17. The molecule has 0 radical (unpaired) electrons. The predicted octanol–water partition coefficient (Wildman–Crippen LogP) is 4.44. The molecule has 2 fully saturated rings. The summed E-state index contributed by atoms with van der Waals surface area (Å²) < 4.78 is 40.4. The number of benzene rings is 2. The standard InChI is InChI=1S/C31H37F2N4O6PS/c1-30(2,3)26(35-27(38)25-17-20-16-21(11-12-24(20)45-25)31(32,33)44(41,42)43)29(40)37-14-7-10-23(37)28(39)36-15-13-34-22(18-36)19-8-5-4-6-9-19/h4-6,8-9,11-12,16-17,22-23,26,34H,7,10,13-15,18H2,1-3H3,(H,35,38)(H2,41,42,43)/t22-,23-,26?/m0/s1. The molecule has 3 amide bonds. The van der Waals surface area contributed by atoms with Gasteiger partial charge in [-0.2, -0.15) is 8.78 Å². The van der Waals surface area contributed by atoms with Gasteiger partial charge in [-0.15, -0.1) is 11.3 Å². The van der Waals surface area contributed by atoms with Gasteiger partial charge < -0.3 is 30.2 Å². The summed E-state index contributed by atoms with van der Waals surface area (Å²) in [6.45, 7) is 7.44. The lowest BCUT2D eigenvalue weighted by Gasteiger charge is -2.39. The molecule has 3 aromatic rings. The average Bonchev–Trinajstić information content (AvgIpc) is 3.66. The topological polar surface area (TPSA) is 139 Å². The van der Waals surface area contributed by atoms with E-state index in [4.69, 9.17) is 9.79 Å². The van der Waals surface area contributed by atoms with E-state index in [0.29, 0.717) is 43.7 Å². The minimum absolute atomic E-state index is 0.0172. The number of carbonyl (C=O) groups excluding carboxylic acids is 3. The molecule has 0 spiro atoms. The van der Waals surface area contributed by atoms with Gasteiger partial charge >= 0.3 is 13.3 Å². The van der Waals surface area contributed by atoms with E-state index in [-0.39, 0.29) is 28.1 Å². The Hall–Kier alpha value is -3.22. The van der Waals surface area contributed by atoms with Gasteiger partial charge in [-0.1, -0.05) is 57.2 Å². The molecule has 2 aromatic carbocycles. The van der Waals surface area contributed by atoms with Gasteiger partial charge in [-0.25, -0.2) is 0 Å². The SMILES string of the molecule is CC(C)(C)C(NC(=O)c1cc2cc(C(F)(F)P(=O)(O)O)ccc2s1)C(=O)N1CCC[C@H]1C(=O)N1CCN[C@H](c2ccccc2)C1. The van der Waals surface area contributed by atoms with Gasteiger partial charge in [0.05, 0.1) is 4.88 Å². The van der Waals surface area contributed by atoms with E-state index >= 15 is 0 Å². The predicted molar refractivity (Wildman–Crippen MR) is 167 cm³/mol. The maximum absolute atomic E-state index is 14.3. The molecule has 3 atom stereocenters. The number of hydrogen-bond donors (Lipinski definition) is 4. The lowest BCUT2D eigenvalue weighted by atomic mass is 9.85. The van der Waals surface area contributed by atoms with Crippen LogP contribution in [-0.4, -0.2) is 75.6 Å². The normalized spacial score (nSPS) is 20.3. The molecular weight excluding hydrogens is 625 g/mol. The summed E-state index contributed by atoms with van der Waals surface area (Å²) in [5, 5.41) is 6.49. The molecule has 1 aromatic heterocycles. The van der Waals surface area contributed by atoms with Crippen molar-refractivity contribution in [2.75, 3.05) is 26.2 Å². The number of halogens is 2. The van der Waals surface area contributed by atoms with E-state index in [1.54, 1.807) is 9.80 Å². The van der Waals surface area contributed by atoms with Crippen LogP contribution >= 0.6 is 18.9 Å². The number of hydrogen-bond acceptors (Lipinski definition) is 6. The summed E-state index contributed by atoms with van der Waals surface area (Å²) >= 11 is 1.01. The van der Waals surface area contributed by atoms with Crippen LogP contribution in [0.4, 0.5) is 8.78 Å². The van der Waals surface area contributed by atoms with Gasteiger partial charge in [0.15, 0.2) is 0 Å². The number of amides is 3. The summed E-state index contributed by atoms with van der Waals surface area (Å²) in [5.74, 6) is -1.08. The Morgan fingerprint density at radius 2 is 1.78 bits per heavy atom. The Labute approximate surface area is 263 Å². The van der Waals surface area contributed by atoms with Crippen molar-refractivity contribution in [2.24, 2.45) is 5.41 Å². The molecule has 242 valence electrons. The van der Waals surface area contributed by atoms with Crippen LogP contribution in [0.25, 0.3) is 10.1 Å². The first kappa shape index (κ1) is 33.2. The first-order valence-electron chi connectivity index (χ1n) is 14.7. The van der Waals surface area contributed by atoms with E-state index in [0.717, 1.165) is 29.0 Å². The number of thiophene rings is 1. The fourth-order valence-corrected chi connectivity index (χ4v) is 7.31. The van der Waals surface area contributed by atoms with Gasteiger partial charge in [0.2, 0.25) is 11.8 Å². The molecule has 5 rings (SSSR count). The van der Waals surface area contributed by atoms with Crippen LogP contribution in [0.2, 0.25) is 0 Å². The molecule has 0 bridgehead atoms. The van der Waals surface area contributed by atoms with E-state index in [9.17, 15) is 27.7 Å². The fraction of sp³-hybridized carbons (Fsp3) is 0.452. The quantitative estimate of drug-likeness (QED) is 0.275. The van der Waals surface area contributed by atoms with Crippen LogP contribution < -0.4 is 10.6 Å². The van der Waals surface area contributed by atoms with Crippen molar-refractivity contribution in [1.29, 1.82) is 0 Å². The number of piperazine rings is 1. The van der Waals surface area contributed by atoms with Crippen LogP contribution in [0.5, 0.6) is 0 Å². The van der Waals surface area contributed by atoms with Gasteiger partial charge in [-0.05, 0) is 47.4 Å². The second kappa shape index (κ2) is 12.5. The van der Waals surface area contributed by atoms with E-state index in [1.807, 2.05) is 51.1 Å². The number of fused-ring (bicyclic) bond motifs is 1. The molecule has 1 unspecified atom stereocenters. The maximum Gasteiger partial charge on any atom is 0.399 e. The minimum Gasteiger partial charge on any atom is -0.339 e. The third kappa shape index (κ3) is 6.83. The van der Waals surface area contributed by atoms with Gasteiger partial charge in [-0.3, -0.25) is 18.9 Å². The highest BCUT2D eigenvalue weighted by Gasteiger charge is 2.50. The van der Waals surface area contributed by atoms with Crippen molar-refractivity contribution in [3.63, 3.8) is 0 Å². The third-order valence-corrected chi connectivity index (χ3v) is 10.5. The molecule has 2 aliphatic heterocycles. The molecule has 3 heterocycles. The number of rotatable bonds is 7. The highest BCUT2D eigenvalue weighted by Crippen LogP contribution is 2.59. The van der Waals surface area contributed by atoms with Crippen LogP contribution in [0.15, 0.2) is 54.6 Å². The molecule has 2 aliphatic rings. The molecule has 0 saturated carbocycles. The highest BCUT2D eigenvalue weighted by molar-refractivity contribution is 7.52. The average molecular weight is 663 g/mol. The van der Waals surface area contributed by atoms with Crippen LogP contribution in [0, 0.1) is 5.41 Å². The lowest BCUT2D eigenvalue weighted by molar-refractivity contribution is -0.146. The fourth-order valence-electron chi connectivity index (χ4n) is 5.88. The Morgan fingerprint density at radius 1 is 1.07 bits per heavy atom. The Morgan fingerprint density at radius 3 is 2.44 bits per heavy atom. The number of nitrogens with one attached hydrogen (secondary N) is 2. The van der Waals surface area contributed by atoms with E-state index in [2.05, 4.69) is 10.6 Å². The van der Waals surface area contributed by atoms with Crippen LogP contribution in [-0.2, 0) is 19.8 Å². The number of carbonyl (C=O) groups is 3. The molecule has 14 heteroatoms. The number of nitrogens with zero attached hydrogens (tertiary/aromatic N) is 2. The first-order chi connectivity index (χ1) is 21.1. The van der Waals surface area contributed by atoms with Gasteiger partial charge in [0.1, 0.15) is 12.1 Å². The monoisotopic (exact) mass is 662 g/mol. The van der Waals surface area contributed by atoms with Crippen LogP contribution in [0.1, 0.15) is 60.5 Å².